The SMILES string of the molecule is CC(OC(=O)C(C)Oc1ccc(C#N)cc1)C(=O)NC1CCCCC1C. The highest BCUT2D eigenvalue weighted by Gasteiger charge is 2.27. The van der Waals surface area contributed by atoms with Crippen LogP contribution >= 0.6 is 0 Å². The minimum atomic E-state index is -0.872. The van der Waals surface area contributed by atoms with E-state index in [9.17, 15) is 9.59 Å². The first-order valence-corrected chi connectivity index (χ1v) is 9.08. The topological polar surface area (TPSA) is 88.4 Å². The molecule has 0 bridgehead atoms. The minimum Gasteiger partial charge on any atom is -0.479 e. The average Bonchev–Trinajstić information content (AvgIpc) is 2.64. The number of nitriles is 1. The zero-order valence-corrected chi connectivity index (χ0v) is 15.5. The molecule has 1 fully saturated rings. The van der Waals surface area contributed by atoms with Crippen LogP contribution < -0.4 is 10.1 Å². The van der Waals surface area contributed by atoms with Gasteiger partial charge in [0.05, 0.1) is 11.6 Å². The van der Waals surface area contributed by atoms with Crippen molar-refractivity contribution in [3.05, 3.63) is 29.8 Å². The number of benzene rings is 1. The number of hydrogen-bond acceptors (Lipinski definition) is 5. The van der Waals surface area contributed by atoms with Gasteiger partial charge in [-0.15, -0.1) is 0 Å². The number of nitrogens with one attached hydrogen (secondary N) is 1. The third kappa shape index (κ3) is 5.48. The van der Waals surface area contributed by atoms with Gasteiger partial charge in [-0.1, -0.05) is 19.8 Å². The van der Waals surface area contributed by atoms with Gasteiger partial charge in [-0.05, 0) is 56.9 Å². The molecule has 140 valence electrons. The van der Waals surface area contributed by atoms with E-state index in [0.29, 0.717) is 17.2 Å². The Morgan fingerprint density at radius 3 is 2.42 bits per heavy atom. The van der Waals surface area contributed by atoms with Gasteiger partial charge in [0.1, 0.15) is 5.75 Å². The summed E-state index contributed by atoms with van der Waals surface area (Å²) in [5, 5.41) is 11.8. The molecule has 0 saturated heterocycles. The summed E-state index contributed by atoms with van der Waals surface area (Å²) in [6.45, 7) is 5.26. The van der Waals surface area contributed by atoms with Crippen LogP contribution in [-0.2, 0) is 14.3 Å². The van der Waals surface area contributed by atoms with Gasteiger partial charge in [0.25, 0.3) is 5.91 Å². The number of esters is 1. The zero-order chi connectivity index (χ0) is 19.1. The highest BCUT2D eigenvalue weighted by molar-refractivity contribution is 5.84. The zero-order valence-electron chi connectivity index (χ0n) is 15.5. The molecule has 0 spiro atoms. The molecule has 0 heterocycles. The Bertz CT molecular complexity index is 665. The predicted octanol–water partition coefficient (Wildman–Crippen LogP) is 2.95. The monoisotopic (exact) mass is 358 g/mol. The molecule has 0 aliphatic heterocycles. The van der Waals surface area contributed by atoms with Gasteiger partial charge in [0.2, 0.25) is 0 Å². The van der Waals surface area contributed by atoms with Crippen LogP contribution in [0.4, 0.5) is 0 Å². The average molecular weight is 358 g/mol. The molecule has 4 unspecified atom stereocenters. The van der Waals surface area contributed by atoms with E-state index in [1.165, 1.54) is 6.42 Å². The van der Waals surface area contributed by atoms with E-state index in [-0.39, 0.29) is 11.9 Å². The maximum Gasteiger partial charge on any atom is 0.347 e. The van der Waals surface area contributed by atoms with Crippen LogP contribution in [0.25, 0.3) is 0 Å². The molecule has 4 atom stereocenters. The number of nitrogens with zero attached hydrogens (tertiary/aromatic N) is 1. The fourth-order valence-corrected chi connectivity index (χ4v) is 3.01. The van der Waals surface area contributed by atoms with Crippen molar-refractivity contribution in [3.8, 4) is 11.8 Å². The molecule has 2 rings (SSSR count). The molecule has 1 saturated carbocycles. The fourth-order valence-electron chi connectivity index (χ4n) is 3.01. The van der Waals surface area contributed by atoms with Crippen molar-refractivity contribution in [2.75, 3.05) is 0 Å². The molecule has 1 aromatic carbocycles. The van der Waals surface area contributed by atoms with Crippen LogP contribution in [0.15, 0.2) is 24.3 Å². The number of hydrogen-bond donors (Lipinski definition) is 1. The van der Waals surface area contributed by atoms with Crippen LogP contribution in [0, 0.1) is 17.2 Å². The molecular formula is C20H26N2O4. The Balaban J connectivity index is 1.82. The summed E-state index contributed by atoms with van der Waals surface area (Å²) in [6.07, 6.45) is 2.65. The maximum atomic E-state index is 12.3. The molecular weight excluding hydrogens is 332 g/mol. The lowest BCUT2D eigenvalue weighted by molar-refractivity contribution is -0.161. The highest BCUT2D eigenvalue weighted by Crippen LogP contribution is 2.23. The lowest BCUT2D eigenvalue weighted by Gasteiger charge is -2.30. The smallest absolute Gasteiger partial charge is 0.347 e. The Morgan fingerprint density at radius 2 is 1.81 bits per heavy atom. The summed E-state index contributed by atoms with van der Waals surface area (Å²) in [5.41, 5.74) is 0.509. The Hall–Kier alpha value is -2.55. The largest absolute Gasteiger partial charge is 0.479 e. The Labute approximate surface area is 154 Å². The quantitative estimate of drug-likeness (QED) is 0.790. The van der Waals surface area contributed by atoms with Gasteiger partial charge in [-0.25, -0.2) is 4.79 Å². The molecule has 1 aliphatic carbocycles. The van der Waals surface area contributed by atoms with Gasteiger partial charge in [0.15, 0.2) is 12.2 Å². The van der Waals surface area contributed by atoms with Crippen molar-refractivity contribution < 1.29 is 19.1 Å². The third-order valence-electron chi connectivity index (χ3n) is 4.73. The molecule has 26 heavy (non-hydrogen) atoms. The van der Waals surface area contributed by atoms with Gasteiger partial charge in [-0.2, -0.15) is 5.26 Å². The molecule has 0 radical (unpaired) electrons. The Kier molecular flexibility index (Phi) is 7.02. The van der Waals surface area contributed by atoms with E-state index >= 15 is 0 Å². The first-order valence-electron chi connectivity index (χ1n) is 9.08. The molecule has 1 aliphatic rings. The predicted molar refractivity (Wildman–Crippen MR) is 96.4 cm³/mol. The van der Waals surface area contributed by atoms with E-state index in [1.807, 2.05) is 6.07 Å². The van der Waals surface area contributed by atoms with Crippen molar-refractivity contribution in [3.63, 3.8) is 0 Å². The number of ether oxygens (including phenoxy) is 2. The van der Waals surface area contributed by atoms with E-state index in [1.54, 1.807) is 38.1 Å². The summed E-state index contributed by atoms with van der Waals surface area (Å²) < 4.78 is 10.7. The van der Waals surface area contributed by atoms with Crippen molar-refractivity contribution in [2.24, 2.45) is 5.92 Å². The summed E-state index contributed by atoms with van der Waals surface area (Å²) in [7, 11) is 0. The molecule has 1 amide bonds. The van der Waals surface area contributed by atoms with Crippen LogP contribution in [0.1, 0.15) is 52.0 Å². The Morgan fingerprint density at radius 1 is 1.15 bits per heavy atom. The van der Waals surface area contributed by atoms with Crippen molar-refractivity contribution >= 4 is 11.9 Å². The summed E-state index contributed by atoms with van der Waals surface area (Å²) >= 11 is 0. The van der Waals surface area contributed by atoms with E-state index in [4.69, 9.17) is 14.7 Å². The lowest BCUT2D eigenvalue weighted by atomic mass is 9.86. The van der Waals surface area contributed by atoms with Crippen LogP contribution in [0.2, 0.25) is 0 Å². The number of carbonyl (C=O) groups is 2. The summed E-state index contributed by atoms with van der Waals surface area (Å²) in [6, 6.07) is 8.60. The highest BCUT2D eigenvalue weighted by atomic mass is 16.6. The van der Waals surface area contributed by atoms with Crippen LogP contribution in [0.5, 0.6) is 5.75 Å². The normalized spacial score (nSPS) is 21.8. The second kappa shape index (κ2) is 9.23. The molecule has 1 N–H and O–H groups in total. The first-order chi connectivity index (χ1) is 12.4. The molecule has 6 nitrogen and oxygen atoms in total. The van der Waals surface area contributed by atoms with Crippen molar-refractivity contribution in [2.45, 2.75) is 64.7 Å². The first kappa shape index (κ1) is 19.8. The fraction of sp³-hybridized carbons (Fsp3) is 0.550. The molecule has 1 aromatic rings. The number of carbonyl (C=O) groups excluding carboxylic acids is 2. The van der Waals surface area contributed by atoms with E-state index < -0.39 is 18.2 Å². The lowest BCUT2D eigenvalue weighted by Crippen LogP contribution is -2.46. The van der Waals surface area contributed by atoms with Crippen LogP contribution in [-0.4, -0.2) is 30.1 Å². The standard InChI is InChI=1S/C20H26N2O4/c1-13-6-4-5-7-18(13)22-19(23)14(2)26-20(24)15(3)25-17-10-8-16(12-21)9-11-17/h8-11,13-15,18H,4-7H2,1-3H3,(H,22,23). The second-order valence-corrected chi connectivity index (χ2v) is 6.85. The number of rotatable bonds is 6. The maximum absolute atomic E-state index is 12.3. The van der Waals surface area contributed by atoms with Crippen molar-refractivity contribution in [1.29, 1.82) is 5.26 Å². The molecule has 0 aromatic heterocycles. The van der Waals surface area contributed by atoms with E-state index in [0.717, 1.165) is 19.3 Å². The summed E-state index contributed by atoms with van der Waals surface area (Å²) in [5.74, 6) is 0.0206. The van der Waals surface area contributed by atoms with Gasteiger partial charge in [-0.3, -0.25) is 4.79 Å². The number of amides is 1. The minimum absolute atomic E-state index is 0.143. The molecule has 6 heteroatoms. The summed E-state index contributed by atoms with van der Waals surface area (Å²) in [4.78, 5) is 24.4. The van der Waals surface area contributed by atoms with Gasteiger partial charge < -0.3 is 14.8 Å². The third-order valence-corrected chi connectivity index (χ3v) is 4.73. The van der Waals surface area contributed by atoms with Gasteiger partial charge >= 0.3 is 5.97 Å². The van der Waals surface area contributed by atoms with Gasteiger partial charge in [0, 0.05) is 6.04 Å². The van der Waals surface area contributed by atoms with Crippen LogP contribution in [0.3, 0.4) is 0 Å². The van der Waals surface area contributed by atoms with E-state index in [2.05, 4.69) is 12.2 Å². The van der Waals surface area contributed by atoms with Crippen molar-refractivity contribution in [1.82, 2.24) is 5.32 Å². The second-order valence-electron chi connectivity index (χ2n) is 6.85.